The molecule has 0 aromatic heterocycles. The van der Waals surface area contributed by atoms with Gasteiger partial charge in [0.15, 0.2) is 0 Å². The van der Waals surface area contributed by atoms with Crippen molar-refractivity contribution in [3.63, 3.8) is 0 Å². The van der Waals surface area contributed by atoms with Crippen LogP contribution in [-0.4, -0.2) is 55.1 Å². The van der Waals surface area contributed by atoms with Crippen LogP contribution in [0.2, 0.25) is 0 Å². The van der Waals surface area contributed by atoms with Crippen LogP contribution in [0.15, 0.2) is 71.6 Å². The average molecular weight is 536 g/mol. The highest BCUT2D eigenvalue weighted by Gasteiger charge is 2.33. The number of carbonyl (C=O) groups excluding carboxylic acids is 2. The SMILES string of the molecule is CC[C@@H](C(=O)NC1CCCC1)N(Cc1cccc(C)c1)C(=O)CN(C)S(=O)(=O)c1ccc2ccccc2c1. The second-order valence-electron chi connectivity index (χ2n) is 10.2. The number of carbonyl (C=O) groups is 2. The zero-order valence-electron chi connectivity index (χ0n) is 22.4. The topological polar surface area (TPSA) is 86.8 Å². The summed E-state index contributed by atoms with van der Waals surface area (Å²) in [7, 11) is -2.52. The third-order valence-electron chi connectivity index (χ3n) is 7.31. The predicted octanol–water partition coefficient (Wildman–Crippen LogP) is 4.63. The van der Waals surface area contributed by atoms with Gasteiger partial charge in [0.2, 0.25) is 21.8 Å². The molecule has 1 N–H and O–H groups in total. The van der Waals surface area contributed by atoms with Crippen LogP contribution in [0.3, 0.4) is 0 Å². The maximum atomic E-state index is 13.7. The Hall–Kier alpha value is -3.23. The molecule has 1 aliphatic carbocycles. The van der Waals surface area contributed by atoms with Crippen molar-refractivity contribution in [2.24, 2.45) is 0 Å². The Bertz CT molecular complexity index is 1400. The standard InChI is InChI=1S/C30H37N3O4S/c1-4-28(30(35)31-26-14-7-8-15-26)33(20-23-11-9-10-22(2)18-23)29(34)21-32(3)38(36,37)27-17-16-24-12-5-6-13-25(24)19-27/h5-6,9-13,16-19,26,28H,4,7-8,14-15,20-21H2,1-3H3,(H,31,35)/t28-/m0/s1. The number of likely N-dealkylation sites (N-methyl/N-ethyl adjacent to an activating group) is 1. The first-order chi connectivity index (χ1) is 18.2. The summed E-state index contributed by atoms with van der Waals surface area (Å²) < 4.78 is 27.9. The molecule has 0 heterocycles. The van der Waals surface area contributed by atoms with Crippen molar-refractivity contribution in [2.45, 2.75) is 69.5 Å². The number of fused-ring (bicyclic) bond motifs is 1. The molecule has 0 unspecified atom stereocenters. The normalized spacial score (nSPS) is 15.1. The van der Waals surface area contributed by atoms with Gasteiger partial charge in [-0.2, -0.15) is 4.31 Å². The van der Waals surface area contributed by atoms with E-state index in [1.165, 1.54) is 11.9 Å². The van der Waals surface area contributed by atoms with E-state index in [2.05, 4.69) is 5.32 Å². The van der Waals surface area contributed by atoms with Crippen LogP contribution in [0.25, 0.3) is 10.8 Å². The molecular formula is C30H37N3O4S. The number of aryl methyl sites for hydroxylation is 1. The van der Waals surface area contributed by atoms with Gasteiger partial charge >= 0.3 is 0 Å². The number of rotatable bonds is 10. The molecule has 7 nitrogen and oxygen atoms in total. The van der Waals surface area contributed by atoms with Gasteiger partial charge in [-0.1, -0.05) is 79.9 Å². The molecular weight excluding hydrogens is 498 g/mol. The van der Waals surface area contributed by atoms with Gasteiger partial charge in [-0.15, -0.1) is 0 Å². The monoisotopic (exact) mass is 535 g/mol. The molecule has 0 aliphatic heterocycles. The van der Waals surface area contributed by atoms with Gasteiger partial charge in [-0.3, -0.25) is 9.59 Å². The van der Waals surface area contributed by atoms with Gasteiger partial charge in [-0.25, -0.2) is 8.42 Å². The maximum absolute atomic E-state index is 13.7. The van der Waals surface area contributed by atoms with Gasteiger partial charge in [0, 0.05) is 19.6 Å². The summed E-state index contributed by atoms with van der Waals surface area (Å²) in [5.74, 6) is -0.591. The van der Waals surface area contributed by atoms with Crippen LogP contribution in [0.5, 0.6) is 0 Å². The van der Waals surface area contributed by atoms with E-state index >= 15 is 0 Å². The van der Waals surface area contributed by atoms with Crippen molar-refractivity contribution in [3.05, 3.63) is 77.9 Å². The Balaban J connectivity index is 1.57. The zero-order valence-corrected chi connectivity index (χ0v) is 23.2. The molecule has 0 radical (unpaired) electrons. The summed E-state index contributed by atoms with van der Waals surface area (Å²) in [6, 6.07) is 19.7. The minimum atomic E-state index is -3.92. The number of nitrogens with zero attached hydrogens (tertiary/aromatic N) is 2. The van der Waals surface area contributed by atoms with Crippen LogP contribution < -0.4 is 5.32 Å². The van der Waals surface area contributed by atoms with E-state index in [4.69, 9.17) is 0 Å². The molecule has 1 aliphatic rings. The summed E-state index contributed by atoms with van der Waals surface area (Å²) in [6.45, 7) is 3.71. The van der Waals surface area contributed by atoms with E-state index in [-0.39, 0.29) is 29.9 Å². The highest BCUT2D eigenvalue weighted by Crippen LogP contribution is 2.23. The summed E-state index contributed by atoms with van der Waals surface area (Å²) >= 11 is 0. The Kier molecular flexibility index (Phi) is 8.84. The fourth-order valence-electron chi connectivity index (χ4n) is 5.17. The minimum Gasteiger partial charge on any atom is -0.352 e. The highest BCUT2D eigenvalue weighted by atomic mass is 32.2. The fraction of sp³-hybridized carbons (Fsp3) is 0.400. The van der Waals surface area contributed by atoms with Gasteiger partial charge in [0.05, 0.1) is 11.4 Å². The van der Waals surface area contributed by atoms with E-state index in [0.717, 1.165) is 51.9 Å². The van der Waals surface area contributed by atoms with Crippen LogP contribution >= 0.6 is 0 Å². The quantitative estimate of drug-likeness (QED) is 0.410. The molecule has 0 spiro atoms. The van der Waals surface area contributed by atoms with Gasteiger partial charge in [0.1, 0.15) is 6.04 Å². The lowest BCUT2D eigenvalue weighted by Gasteiger charge is -2.32. The van der Waals surface area contributed by atoms with E-state index in [1.54, 1.807) is 18.2 Å². The number of sulfonamides is 1. The molecule has 38 heavy (non-hydrogen) atoms. The number of benzene rings is 3. The van der Waals surface area contributed by atoms with Crippen molar-refractivity contribution in [3.8, 4) is 0 Å². The van der Waals surface area contributed by atoms with Crippen molar-refractivity contribution >= 4 is 32.6 Å². The van der Waals surface area contributed by atoms with E-state index < -0.39 is 22.0 Å². The third-order valence-corrected chi connectivity index (χ3v) is 9.11. The first-order valence-corrected chi connectivity index (χ1v) is 14.7. The second-order valence-corrected chi connectivity index (χ2v) is 12.2. The number of nitrogens with one attached hydrogen (secondary N) is 1. The summed E-state index contributed by atoms with van der Waals surface area (Å²) in [5.41, 5.74) is 1.94. The maximum Gasteiger partial charge on any atom is 0.243 e. The lowest BCUT2D eigenvalue weighted by Crippen LogP contribution is -2.53. The average Bonchev–Trinajstić information content (AvgIpc) is 3.41. The third kappa shape index (κ3) is 6.42. The summed E-state index contributed by atoms with van der Waals surface area (Å²) in [6.07, 6.45) is 4.49. The molecule has 3 aromatic rings. The minimum absolute atomic E-state index is 0.128. The van der Waals surface area contributed by atoms with Crippen molar-refractivity contribution in [1.82, 2.24) is 14.5 Å². The molecule has 0 bridgehead atoms. The van der Waals surface area contributed by atoms with E-state index in [9.17, 15) is 18.0 Å². The van der Waals surface area contributed by atoms with Crippen LogP contribution in [0, 0.1) is 6.92 Å². The summed E-state index contributed by atoms with van der Waals surface area (Å²) in [4.78, 5) is 28.7. The van der Waals surface area contributed by atoms with Gasteiger partial charge in [-0.05, 0) is 54.7 Å². The fourth-order valence-corrected chi connectivity index (χ4v) is 6.32. The Morgan fingerprint density at radius 3 is 2.37 bits per heavy atom. The lowest BCUT2D eigenvalue weighted by atomic mass is 10.1. The van der Waals surface area contributed by atoms with Gasteiger partial charge in [0.25, 0.3) is 0 Å². The van der Waals surface area contributed by atoms with Crippen molar-refractivity contribution < 1.29 is 18.0 Å². The molecule has 0 saturated heterocycles. The number of hydrogen-bond donors (Lipinski definition) is 1. The van der Waals surface area contributed by atoms with Crippen LogP contribution in [0.4, 0.5) is 0 Å². The number of amides is 2. The van der Waals surface area contributed by atoms with Crippen molar-refractivity contribution in [1.29, 1.82) is 0 Å². The molecule has 8 heteroatoms. The van der Waals surface area contributed by atoms with Crippen LogP contribution in [0.1, 0.15) is 50.2 Å². The second kappa shape index (κ2) is 12.1. The van der Waals surface area contributed by atoms with E-state index in [1.807, 2.05) is 62.4 Å². The first kappa shape index (κ1) is 27.8. The Morgan fingerprint density at radius 2 is 1.68 bits per heavy atom. The van der Waals surface area contributed by atoms with Crippen LogP contribution in [-0.2, 0) is 26.2 Å². The predicted molar refractivity (Wildman–Crippen MR) is 150 cm³/mol. The largest absolute Gasteiger partial charge is 0.352 e. The smallest absolute Gasteiger partial charge is 0.243 e. The zero-order chi connectivity index (χ0) is 27.3. The Labute approximate surface area is 225 Å². The lowest BCUT2D eigenvalue weighted by molar-refractivity contribution is -0.141. The van der Waals surface area contributed by atoms with Gasteiger partial charge < -0.3 is 10.2 Å². The van der Waals surface area contributed by atoms with E-state index in [0.29, 0.717) is 6.42 Å². The Morgan fingerprint density at radius 1 is 0.974 bits per heavy atom. The highest BCUT2D eigenvalue weighted by molar-refractivity contribution is 7.89. The molecule has 3 aromatic carbocycles. The summed E-state index contributed by atoms with van der Waals surface area (Å²) in [5, 5.41) is 4.87. The molecule has 4 rings (SSSR count). The molecule has 1 saturated carbocycles. The molecule has 1 fully saturated rings. The molecule has 2 amide bonds. The molecule has 202 valence electrons. The van der Waals surface area contributed by atoms with Crippen molar-refractivity contribution in [2.75, 3.05) is 13.6 Å². The first-order valence-electron chi connectivity index (χ1n) is 13.3. The molecule has 1 atom stereocenters. The number of hydrogen-bond acceptors (Lipinski definition) is 4.